The van der Waals surface area contributed by atoms with Gasteiger partial charge >= 0.3 is 0 Å². The van der Waals surface area contributed by atoms with Gasteiger partial charge in [-0.15, -0.1) is 0 Å². The summed E-state index contributed by atoms with van der Waals surface area (Å²) in [7, 11) is 0. The molecule has 9 nitrogen and oxygen atoms in total. The minimum absolute atomic E-state index is 0.329. The first-order valence-electron chi connectivity index (χ1n) is 17.1. The summed E-state index contributed by atoms with van der Waals surface area (Å²) in [5.41, 5.74) is 12.9. The topological polar surface area (TPSA) is 106 Å². The van der Waals surface area contributed by atoms with E-state index in [1.54, 1.807) is 0 Å². The van der Waals surface area contributed by atoms with E-state index in [-0.39, 0.29) is 0 Å². The highest BCUT2D eigenvalue weighted by Gasteiger charge is 2.25. The molecule has 43 heavy (non-hydrogen) atoms. The van der Waals surface area contributed by atoms with Crippen molar-refractivity contribution >= 4 is 22.9 Å². The van der Waals surface area contributed by atoms with Crippen LogP contribution in [0.1, 0.15) is 108 Å². The summed E-state index contributed by atoms with van der Waals surface area (Å²) in [5.74, 6) is 2.37. The van der Waals surface area contributed by atoms with Crippen molar-refractivity contribution in [3.8, 4) is 0 Å². The van der Waals surface area contributed by atoms with Crippen molar-refractivity contribution in [3.63, 3.8) is 0 Å². The molecule has 0 unspecified atom stereocenters. The van der Waals surface area contributed by atoms with Crippen molar-refractivity contribution < 1.29 is 4.74 Å². The van der Waals surface area contributed by atoms with Gasteiger partial charge in [0.05, 0.1) is 12.9 Å². The highest BCUT2D eigenvalue weighted by molar-refractivity contribution is 5.84. The molecule has 0 radical (unpaired) electrons. The number of nitrogens with two attached hydrogens (primary N) is 1. The van der Waals surface area contributed by atoms with Crippen LogP contribution < -0.4 is 16.5 Å². The molecule has 0 atom stereocenters. The fraction of sp³-hybridized carbons (Fsp3) is 0.676. The number of imidazole rings is 1. The lowest BCUT2D eigenvalue weighted by atomic mass is 9.92. The number of hydrogen-bond donors (Lipinski definition) is 3. The highest BCUT2D eigenvalue weighted by atomic mass is 16.5. The molecule has 9 heteroatoms. The van der Waals surface area contributed by atoms with Crippen LogP contribution >= 0.6 is 0 Å². The highest BCUT2D eigenvalue weighted by Crippen LogP contribution is 2.34. The Kier molecular flexibility index (Phi) is 10.8. The number of nitrogens with zero attached hydrogens (tertiary/aromatic N) is 5. The lowest BCUT2D eigenvalue weighted by Gasteiger charge is -2.32. The van der Waals surface area contributed by atoms with Gasteiger partial charge in [-0.3, -0.25) is 0 Å². The van der Waals surface area contributed by atoms with Crippen LogP contribution in [0.4, 0.5) is 11.8 Å². The van der Waals surface area contributed by atoms with Gasteiger partial charge < -0.3 is 25.8 Å². The Balaban J connectivity index is 0.969. The zero-order valence-corrected chi connectivity index (χ0v) is 25.9. The summed E-state index contributed by atoms with van der Waals surface area (Å²) in [6.07, 6.45) is 20.1. The van der Waals surface area contributed by atoms with Gasteiger partial charge in [-0.05, 0) is 69.3 Å². The second-order valence-corrected chi connectivity index (χ2v) is 13.2. The number of ether oxygens (including phenoxy) is 1. The van der Waals surface area contributed by atoms with Crippen molar-refractivity contribution in [3.05, 3.63) is 42.2 Å². The van der Waals surface area contributed by atoms with E-state index in [9.17, 15) is 0 Å². The van der Waals surface area contributed by atoms with Crippen LogP contribution in [0.2, 0.25) is 0 Å². The van der Waals surface area contributed by atoms with Crippen LogP contribution in [0.3, 0.4) is 0 Å². The van der Waals surface area contributed by atoms with Crippen LogP contribution in [0, 0.1) is 5.92 Å². The summed E-state index contributed by atoms with van der Waals surface area (Å²) >= 11 is 0. The number of benzene rings is 1. The molecule has 3 aromatic rings. The molecule has 6 rings (SSSR count). The molecule has 2 saturated carbocycles. The van der Waals surface area contributed by atoms with Gasteiger partial charge in [0, 0.05) is 37.8 Å². The number of hydrazine groups is 1. The number of hydrogen-bond acceptors (Lipinski definition) is 8. The van der Waals surface area contributed by atoms with E-state index in [1.807, 2.05) is 6.33 Å². The molecule has 1 aromatic carbocycles. The first-order valence-corrected chi connectivity index (χ1v) is 17.1. The van der Waals surface area contributed by atoms with E-state index in [0.717, 1.165) is 87.3 Å². The summed E-state index contributed by atoms with van der Waals surface area (Å²) < 4.78 is 8.15. The number of anilines is 2. The standard InChI is InChI=1S/C34H52N8O/c35-28-15-17-29(18-16-28)37-34-38-32(31-33(39-34)42(25-36-31)30-13-7-8-14-30)40-41-21-19-26(20-22-41)10-4-1-2-9-23-43-24-27-11-5-3-6-12-27/h3,5-6,11-12,25-26,28-30H,1-2,4,7-10,13-24,35H2,(H2,37,38,39,40). The molecular weight excluding hydrogens is 536 g/mol. The second kappa shape index (κ2) is 15.3. The third-order valence-corrected chi connectivity index (χ3v) is 9.89. The van der Waals surface area contributed by atoms with Gasteiger partial charge in [0.1, 0.15) is 0 Å². The molecule has 3 fully saturated rings. The Hall–Kier alpha value is -2.75. The van der Waals surface area contributed by atoms with Crippen LogP contribution in [-0.4, -0.2) is 56.3 Å². The SMILES string of the molecule is NC1CCC(Nc2nc(NN3CCC(CCCCCCOCc4ccccc4)CC3)c3ncn(C4CCCC4)c3n2)CC1. The molecular formula is C34H52N8O. The first kappa shape index (κ1) is 30.3. The van der Waals surface area contributed by atoms with Crippen molar-refractivity contribution in [2.75, 3.05) is 30.4 Å². The molecule has 2 aliphatic carbocycles. The number of nitrogens with one attached hydrogen (secondary N) is 2. The van der Waals surface area contributed by atoms with E-state index < -0.39 is 0 Å². The molecule has 1 saturated heterocycles. The van der Waals surface area contributed by atoms with Crippen molar-refractivity contribution in [1.82, 2.24) is 24.5 Å². The Morgan fingerprint density at radius 2 is 1.63 bits per heavy atom. The van der Waals surface area contributed by atoms with Crippen LogP contribution in [0.15, 0.2) is 36.7 Å². The fourth-order valence-corrected chi connectivity index (χ4v) is 7.19. The maximum atomic E-state index is 6.16. The van der Waals surface area contributed by atoms with Gasteiger partial charge in [-0.1, -0.05) is 68.9 Å². The Morgan fingerprint density at radius 3 is 2.42 bits per heavy atom. The van der Waals surface area contributed by atoms with Crippen LogP contribution in [0.25, 0.3) is 11.2 Å². The Labute approximate surface area is 257 Å². The van der Waals surface area contributed by atoms with E-state index in [1.165, 1.54) is 69.8 Å². The third kappa shape index (κ3) is 8.46. The Bertz CT molecular complexity index is 1240. The predicted molar refractivity (Wildman–Crippen MR) is 174 cm³/mol. The van der Waals surface area contributed by atoms with Gasteiger partial charge in [-0.2, -0.15) is 9.97 Å². The van der Waals surface area contributed by atoms with Gasteiger partial charge in [0.15, 0.2) is 17.0 Å². The lowest BCUT2D eigenvalue weighted by molar-refractivity contribution is 0.116. The Morgan fingerprint density at radius 1 is 0.860 bits per heavy atom. The summed E-state index contributed by atoms with van der Waals surface area (Å²) in [4.78, 5) is 14.8. The predicted octanol–water partition coefficient (Wildman–Crippen LogP) is 6.83. The third-order valence-electron chi connectivity index (χ3n) is 9.89. The number of aromatic nitrogens is 4. The van der Waals surface area contributed by atoms with Crippen molar-refractivity contribution in [1.29, 1.82) is 0 Å². The van der Waals surface area contributed by atoms with E-state index >= 15 is 0 Å². The number of piperidine rings is 1. The zero-order valence-electron chi connectivity index (χ0n) is 25.9. The average molecular weight is 589 g/mol. The van der Waals surface area contributed by atoms with Crippen molar-refractivity contribution in [2.45, 2.75) is 121 Å². The van der Waals surface area contributed by atoms with Gasteiger partial charge in [-0.25, -0.2) is 9.99 Å². The molecule has 3 aliphatic rings. The lowest BCUT2D eigenvalue weighted by Crippen LogP contribution is -2.38. The number of unbranched alkanes of at least 4 members (excludes halogenated alkanes) is 3. The molecule has 1 aliphatic heterocycles. The minimum Gasteiger partial charge on any atom is -0.377 e. The maximum Gasteiger partial charge on any atom is 0.227 e. The molecule has 0 spiro atoms. The average Bonchev–Trinajstić information content (AvgIpc) is 3.72. The molecule has 0 amide bonds. The normalized spacial score (nSPS) is 22.3. The summed E-state index contributed by atoms with van der Waals surface area (Å²) in [6.45, 7) is 3.66. The minimum atomic E-state index is 0.329. The number of rotatable bonds is 14. The summed E-state index contributed by atoms with van der Waals surface area (Å²) in [6, 6.07) is 11.7. The van der Waals surface area contributed by atoms with E-state index in [0.29, 0.717) is 18.1 Å². The molecule has 2 aromatic heterocycles. The summed E-state index contributed by atoms with van der Waals surface area (Å²) in [5, 5.41) is 6.00. The quantitative estimate of drug-likeness (QED) is 0.176. The van der Waals surface area contributed by atoms with E-state index in [2.05, 4.69) is 50.7 Å². The van der Waals surface area contributed by atoms with E-state index in [4.69, 9.17) is 25.4 Å². The zero-order chi connectivity index (χ0) is 29.3. The monoisotopic (exact) mass is 588 g/mol. The first-order chi connectivity index (χ1) is 21.2. The molecule has 0 bridgehead atoms. The molecule has 234 valence electrons. The van der Waals surface area contributed by atoms with Gasteiger partial charge in [0.2, 0.25) is 5.95 Å². The van der Waals surface area contributed by atoms with Crippen LogP contribution in [0.5, 0.6) is 0 Å². The maximum absolute atomic E-state index is 6.16. The van der Waals surface area contributed by atoms with Crippen LogP contribution in [-0.2, 0) is 11.3 Å². The molecule has 3 heterocycles. The fourth-order valence-electron chi connectivity index (χ4n) is 7.19. The van der Waals surface area contributed by atoms with Crippen molar-refractivity contribution in [2.24, 2.45) is 11.7 Å². The molecule has 4 N–H and O–H groups in total. The smallest absolute Gasteiger partial charge is 0.227 e. The number of fused-ring (bicyclic) bond motifs is 1. The second-order valence-electron chi connectivity index (χ2n) is 13.2. The van der Waals surface area contributed by atoms with Gasteiger partial charge in [0.25, 0.3) is 0 Å². The largest absolute Gasteiger partial charge is 0.377 e.